The van der Waals surface area contributed by atoms with Gasteiger partial charge in [-0.25, -0.2) is 13.2 Å². The van der Waals surface area contributed by atoms with Gasteiger partial charge >= 0.3 is 6.03 Å². The molecule has 2 atom stereocenters. The first-order valence-electron chi connectivity index (χ1n) is 7.48. The van der Waals surface area contributed by atoms with E-state index in [1.165, 1.54) is 0 Å². The maximum Gasteiger partial charge on any atom is 0.314 e. The summed E-state index contributed by atoms with van der Waals surface area (Å²) < 4.78 is 28.4. The summed E-state index contributed by atoms with van der Waals surface area (Å²) in [5.41, 5.74) is 1.16. The predicted molar refractivity (Wildman–Crippen MR) is 82.7 cm³/mol. The Morgan fingerprint density at radius 3 is 2.73 bits per heavy atom. The van der Waals surface area contributed by atoms with Gasteiger partial charge in [0, 0.05) is 13.0 Å². The lowest BCUT2D eigenvalue weighted by Gasteiger charge is -2.14. The van der Waals surface area contributed by atoms with E-state index >= 15 is 0 Å². The smallest absolute Gasteiger partial charge is 0.314 e. The van der Waals surface area contributed by atoms with Gasteiger partial charge in [-0.3, -0.25) is 0 Å². The first kappa shape index (κ1) is 15.1. The van der Waals surface area contributed by atoms with E-state index < -0.39 is 9.84 Å². The summed E-state index contributed by atoms with van der Waals surface area (Å²) in [7, 11) is -2.89. The lowest BCUT2D eigenvalue weighted by molar-refractivity contribution is 0.213. The highest BCUT2D eigenvalue weighted by molar-refractivity contribution is 7.91. The van der Waals surface area contributed by atoms with Crippen molar-refractivity contribution in [3.63, 3.8) is 0 Å². The van der Waals surface area contributed by atoms with Crippen LogP contribution in [0.4, 0.5) is 4.79 Å². The number of para-hydroxylation sites is 1. The molecule has 0 radical (unpaired) electrons. The van der Waals surface area contributed by atoms with Gasteiger partial charge in [-0.05, 0) is 24.0 Å². The van der Waals surface area contributed by atoms with Gasteiger partial charge in [0.2, 0.25) is 0 Å². The van der Waals surface area contributed by atoms with E-state index in [-0.39, 0.29) is 29.6 Å². The molecule has 0 bridgehead atoms. The van der Waals surface area contributed by atoms with Crippen molar-refractivity contribution in [3.05, 3.63) is 29.8 Å². The maximum absolute atomic E-state index is 11.8. The zero-order chi connectivity index (χ0) is 15.6. The highest BCUT2D eigenvalue weighted by Crippen LogP contribution is 2.27. The third-order valence-corrected chi connectivity index (χ3v) is 5.92. The van der Waals surface area contributed by atoms with E-state index in [4.69, 9.17) is 4.74 Å². The molecular formula is C15H20N2O4S. The highest BCUT2D eigenvalue weighted by atomic mass is 32.2. The van der Waals surface area contributed by atoms with Crippen molar-refractivity contribution in [2.75, 3.05) is 24.6 Å². The summed E-state index contributed by atoms with van der Waals surface area (Å²) in [6.45, 7) is 0.834. The number of fused-ring (bicyclic) bond motifs is 1. The molecule has 0 saturated carbocycles. The van der Waals surface area contributed by atoms with E-state index in [1.807, 2.05) is 24.3 Å². The molecule has 0 aliphatic carbocycles. The average molecular weight is 324 g/mol. The van der Waals surface area contributed by atoms with Crippen molar-refractivity contribution in [3.8, 4) is 5.75 Å². The first-order valence-corrected chi connectivity index (χ1v) is 9.31. The lowest BCUT2D eigenvalue weighted by Crippen LogP contribution is -2.42. The summed E-state index contributed by atoms with van der Waals surface area (Å²) in [6, 6.07) is 7.58. The zero-order valence-electron chi connectivity index (χ0n) is 12.2. The Labute approximate surface area is 130 Å². The van der Waals surface area contributed by atoms with Crippen LogP contribution in [0.25, 0.3) is 0 Å². The monoisotopic (exact) mass is 324 g/mol. The molecule has 1 fully saturated rings. The second-order valence-electron chi connectivity index (χ2n) is 5.91. The lowest BCUT2D eigenvalue weighted by atomic mass is 10.1. The van der Waals surface area contributed by atoms with Crippen molar-refractivity contribution in [1.82, 2.24) is 10.6 Å². The molecule has 2 amide bonds. The summed E-state index contributed by atoms with van der Waals surface area (Å²) in [4.78, 5) is 11.8. The second kappa shape index (κ2) is 6.16. The molecule has 1 aromatic carbocycles. The molecule has 22 heavy (non-hydrogen) atoms. The van der Waals surface area contributed by atoms with E-state index in [0.29, 0.717) is 19.5 Å². The molecule has 120 valence electrons. The molecule has 3 rings (SSSR count). The number of carbonyl (C=O) groups excluding carboxylic acids is 1. The summed E-state index contributed by atoms with van der Waals surface area (Å²) in [5, 5.41) is 5.52. The minimum atomic E-state index is -2.89. The normalized spacial score (nSPS) is 25.3. The number of sulfone groups is 1. The molecule has 0 unspecified atom stereocenters. The predicted octanol–water partition coefficient (Wildman–Crippen LogP) is 0.724. The van der Waals surface area contributed by atoms with Crippen LogP contribution in [0.2, 0.25) is 0 Å². The molecule has 6 nitrogen and oxygen atoms in total. The van der Waals surface area contributed by atoms with Crippen LogP contribution >= 0.6 is 0 Å². The molecule has 2 N–H and O–H groups in total. The molecule has 7 heteroatoms. The zero-order valence-corrected chi connectivity index (χ0v) is 13.1. The Morgan fingerprint density at radius 1 is 1.23 bits per heavy atom. The summed E-state index contributed by atoms with van der Waals surface area (Å²) in [5.74, 6) is 1.32. The highest BCUT2D eigenvalue weighted by Gasteiger charge is 2.28. The number of hydrogen-bond donors (Lipinski definition) is 2. The third kappa shape index (κ3) is 3.71. The SMILES string of the molecule is O=C(NC[C@@H]1CCS(=O)(=O)C1)NC[C@@H]1Cc2ccccc2O1. The van der Waals surface area contributed by atoms with Crippen LogP contribution in [0.3, 0.4) is 0 Å². The van der Waals surface area contributed by atoms with Gasteiger partial charge in [-0.1, -0.05) is 18.2 Å². The van der Waals surface area contributed by atoms with Gasteiger partial charge in [0.05, 0.1) is 18.1 Å². The van der Waals surface area contributed by atoms with Gasteiger partial charge in [-0.2, -0.15) is 0 Å². The quantitative estimate of drug-likeness (QED) is 0.855. The second-order valence-corrected chi connectivity index (χ2v) is 8.14. The molecule has 1 aromatic rings. The van der Waals surface area contributed by atoms with Gasteiger partial charge < -0.3 is 15.4 Å². The van der Waals surface area contributed by atoms with E-state index in [1.54, 1.807) is 0 Å². The summed E-state index contributed by atoms with van der Waals surface area (Å²) >= 11 is 0. The van der Waals surface area contributed by atoms with Crippen LogP contribution in [-0.4, -0.2) is 45.1 Å². The molecule has 2 aliphatic rings. The number of amides is 2. The molecule has 2 aliphatic heterocycles. The Morgan fingerprint density at radius 2 is 2.00 bits per heavy atom. The number of rotatable bonds is 4. The maximum atomic E-state index is 11.8. The van der Waals surface area contributed by atoms with Crippen molar-refractivity contribution in [2.45, 2.75) is 18.9 Å². The Bertz CT molecular complexity index is 634. The fourth-order valence-electron chi connectivity index (χ4n) is 2.91. The van der Waals surface area contributed by atoms with Crippen molar-refractivity contribution < 1.29 is 17.9 Å². The van der Waals surface area contributed by atoms with Crippen LogP contribution < -0.4 is 15.4 Å². The molecule has 1 saturated heterocycles. The molecule has 0 aromatic heterocycles. The molecule has 2 heterocycles. The number of carbonyl (C=O) groups is 1. The number of nitrogens with one attached hydrogen (secondary N) is 2. The van der Waals surface area contributed by atoms with E-state index in [2.05, 4.69) is 10.6 Å². The average Bonchev–Trinajstić information content (AvgIpc) is 3.05. The fourth-order valence-corrected chi connectivity index (χ4v) is 4.77. The van der Waals surface area contributed by atoms with Crippen LogP contribution in [0.1, 0.15) is 12.0 Å². The van der Waals surface area contributed by atoms with E-state index in [9.17, 15) is 13.2 Å². The van der Waals surface area contributed by atoms with Crippen LogP contribution in [0, 0.1) is 5.92 Å². The van der Waals surface area contributed by atoms with Gasteiger partial charge in [-0.15, -0.1) is 0 Å². The van der Waals surface area contributed by atoms with Gasteiger partial charge in [0.25, 0.3) is 0 Å². The van der Waals surface area contributed by atoms with Crippen LogP contribution in [0.5, 0.6) is 5.75 Å². The van der Waals surface area contributed by atoms with Crippen LogP contribution in [-0.2, 0) is 16.3 Å². The Hall–Kier alpha value is -1.76. The Balaban J connectivity index is 1.37. The number of hydrogen-bond acceptors (Lipinski definition) is 4. The van der Waals surface area contributed by atoms with Crippen molar-refractivity contribution >= 4 is 15.9 Å². The van der Waals surface area contributed by atoms with Crippen molar-refractivity contribution in [1.29, 1.82) is 0 Å². The summed E-state index contributed by atoms with van der Waals surface area (Å²) in [6.07, 6.45) is 1.37. The number of benzene rings is 1. The molecule has 0 spiro atoms. The Kier molecular flexibility index (Phi) is 4.24. The minimum Gasteiger partial charge on any atom is -0.488 e. The standard InChI is InChI=1S/C15H20N2O4S/c18-15(16-8-11-5-6-22(19,20)10-11)17-9-13-7-12-3-1-2-4-14(12)21-13/h1-4,11,13H,5-10H2,(H2,16,17,18)/t11-,13-/m0/s1. The molecular weight excluding hydrogens is 304 g/mol. The van der Waals surface area contributed by atoms with Gasteiger partial charge in [0.15, 0.2) is 9.84 Å². The largest absolute Gasteiger partial charge is 0.488 e. The topological polar surface area (TPSA) is 84.5 Å². The third-order valence-electron chi connectivity index (χ3n) is 4.08. The van der Waals surface area contributed by atoms with E-state index in [0.717, 1.165) is 17.7 Å². The van der Waals surface area contributed by atoms with Crippen LogP contribution in [0.15, 0.2) is 24.3 Å². The van der Waals surface area contributed by atoms with Gasteiger partial charge in [0.1, 0.15) is 11.9 Å². The van der Waals surface area contributed by atoms with Crippen molar-refractivity contribution in [2.24, 2.45) is 5.92 Å². The number of urea groups is 1. The fraction of sp³-hybridized carbons (Fsp3) is 0.533. The minimum absolute atomic E-state index is 0.0303. The first-order chi connectivity index (χ1) is 10.5. The number of ether oxygens (including phenoxy) is 1.